The zero-order chi connectivity index (χ0) is 19.3. The summed E-state index contributed by atoms with van der Waals surface area (Å²) in [5.74, 6) is 0.0548. The maximum Gasteiger partial charge on any atom is 0.279 e. The Labute approximate surface area is 155 Å². The van der Waals surface area contributed by atoms with Crippen LogP contribution in [-0.4, -0.2) is 43.3 Å². The number of piperidine rings is 1. The number of rotatable bonds is 5. The van der Waals surface area contributed by atoms with E-state index in [2.05, 4.69) is 10.6 Å². The number of Topliss-reactive ketones (excluding diaryl/α,β-unsaturated/α-hetero) is 1. The highest BCUT2D eigenvalue weighted by molar-refractivity contribution is 5.95. The Kier molecular flexibility index (Phi) is 6.53. The first-order chi connectivity index (χ1) is 12.1. The Hall–Kier alpha value is -2.21. The molecule has 1 saturated heterocycles. The summed E-state index contributed by atoms with van der Waals surface area (Å²) in [5.41, 5.74) is 0.960. The van der Waals surface area contributed by atoms with Crippen LogP contribution in [0.1, 0.15) is 50.9 Å². The van der Waals surface area contributed by atoms with Gasteiger partial charge in [-0.25, -0.2) is 0 Å². The van der Waals surface area contributed by atoms with E-state index in [4.69, 9.17) is 0 Å². The van der Waals surface area contributed by atoms with E-state index in [9.17, 15) is 14.4 Å². The number of hydrogen-bond donors (Lipinski definition) is 3. The van der Waals surface area contributed by atoms with Crippen LogP contribution in [0, 0.1) is 5.41 Å². The lowest BCUT2D eigenvalue weighted by Crippen LogP contribution is -3.14. The van der Waals surface area contributed by atoms with Crippen LogP contribution in [0.15, 0.2) is 24.3 Å². The summed E-state index contributed by atoms with van der Waals surface area (Å²) < 4.78 is 0. The van der Waals surface area contributed by atoms with Crippen molar-refractivity contribution in [2.45, 2.75) is 46.6 Å². The minimum Gasteiger partial charge on any atom is -0.352 e. The number of amides is 2. The molecule has 0 saturated carbocycles. The van der Waals surface area contributed by atoms with E-state index in [0.29, 0.717) is 17.8 Å². The SMILES string of the molecule is CC(=O)c1ccc(NC(=O)C[NH+]2CCC(NC(=O)C(C)(C)C)CC2)cc1. The second-order valence-electron chi connectivity index (χ2n) is 8.11. The lowest BCUT2D eigenvalue weighted by atomic mass is 9.94. The molecule has 0 radical (unpaired) electrons. The van der Waals surface area contributed by atoms with E-state index in [1.54, 1.807) is 24.3 Å². The van der Waals surface area contributed by atoms with Gasteiger partial charge in [-0.1, -0.05) is 20.8 Å². The number of anilines is 1. The Morgan fingerprint density at radius 2 is 1.65 bits per heavy atom. The summed E-state index contributed by atoms with van der Waals surface area (Å²) in [7, 11) is 0. The quantitative estimate of drug-likeness (QED) is 0.687. The molecular weight excluding hydrogens is 330 g/mol. The molecule has 1 aliphatic rings. The zero-order valence-corrected chi connectivity index (χ0v) is 16.1. The number of benzene rings is 1. The Morgan fingerprint density at radius 3 is 2.15 bits per heavy atom. The first-order valence-electron chi connectivity index (χ1n) is 9.20. The number of likely N-dealkylation sites (tertiary alicyclic amines) is 1. The molecule has 1 heterocycles. The van der Waals surface area contributed by atoms with Gasteiger partial charge < -0.3 is 15.5 Å². The zero-order valence-electron chi connectivity index (χ0n) is 16.1. The lowest BCUT2D eigenvalue weighted by molar-refractivity contribution is -0.897. The number of carbonyl (C=O) groups is 3. The van der Waals surface area contributed by atoms with Crippen molar-refractivity contribution in [3.05, 3.63) is 29.8 Å². The molecule has 6 nitrogen and oxygen atoms in total. The summed E-state index contributed by atoms with van der Waals surface area (Å²) in [6.07, 6.45) is 1.77. The minimum absolute atomic E-state index is 0.00810. The van der Waals surface area contributed by atoms with E-state index in [0.717, 1.165) is 25.9 Å². The van der Waals surface area contributed by atoms with E-state index in [1.807, 2.05) is 20.8 Å². The molecule has 3 N–H and O–H groups in total. The third kappa shape index (κ3) is 5.95. The molecule has 0 unspecified atom stereocenters. The third-order valence-electron chi connectivity index (χ3n) is 4.69. The Morgan fingerprint density at radius 1 is 1.08 bits per heavy atom. The summed E-state index contributed by atoms with van der Waals surface area (Å²) in [6, 6.07) is 7.13. The van der Waals surface area contributed by atoms with E-state index >= 15 is 0 Å². The van der Waals surface area contributed by atoms with Gasteiger partial charge in [0.05, 0.1) is 13.1 Å². The fraction of sp³-hybridized carbons (Fsp3) is 0.550. The van der Waals surface area contributed by atoms with E-state index in [-0.39, 0.29) is 29.1 Å². The van der Waals surface area contributed by atoms with Crippen LogP contribution < -0.4 is 15.5 Å². The molecular formula is C20H30N3O3+. The number of quaternary nitrogens is 1. The van der Waals surface area contributed by atoms with Crippen LogP contribution in [0.4, 0.5) is 5.69 Å². The second kappa shape index (κ2) is 8.45. The summed E-state index contributed by atoms with van der Waals surface area (Å²) >= 11 is 0. The summed E-state index contributed by atoms with van der Waals surface area (Å²) in [4.78, 5) is 36.8. The van der Waals surface area contributed by atoms with Crippen LogP contribution in [0.25, 0.3) is 0 Å². The highest BCUT2D eigenvalue weighted by atomic mass is 16.2. The van der Waals surface area contributed by atoms with Gasteiger partial charge in [0.25, 0.3) is 5.91 Å². The molecule has 2 rings (SSSR count). The van der Waals surface area contributed by atoms with Crippen LogP contribution in [0.5, 0.6) is 0 Å². The number of carbonyl (C=O) groups excluding carboxylic acids is 3. The average Bonchev–Trinajstić information content (AvgIpc) is 2.56. The molecule has 0 bridgehead atoms. The Bertz CT molecular complexity index is 654. The molecule has 0 spiro atoms. The van der Waals surface area contributed by atoms with Crippen LogP contribution in [0.2, 0.25) is 0 Å². The molecule has 1 aromatic rings. The minimum atomic E-state index is -0.373. The van der Waals surface area contributed by atoms with E-state index in [1.165, 1.54) is 11.8 Å². The van der Waals surface area contributed by atoms with Crippen LogP contribution >= 0.6 is 0 Å². The molecule has 1 fully saturated rings. The van der Waals surface area contributed by atoms with Gasteiger partial charge in [-0.2, -0.15) is 0 Å². The first kappa shape index (κ1) is 20.1. The van der Waals surface area contributed by atoms with Crippen molar-refractivity contribution in [3.8, 4) is 0 Å². The first-order valence-corrected chi connectivity index (χ1v) is 9.20. The van der Waals surface area contributed by atoms with Gasteiger partial charge in [0, 0.05) is 35.5 Å². The monoisotopic (exact) mass is 360 g/mol. The van der Waals surface area contributed by atoms with Crippen LogP contribution in [0.3, 0.4) is 0 Å². The van der Waals surface area contributed by atoms with Gasteiger partial charge in [0.1, 0.15) is 0 Å². The van der Waals surface area contributed by atoms with Crippen molar-refractivity contribution in [3.63, 3.8) is 0 Å². The fourth-order valence-electron chi connectivity index (χ4n) is 2.97. The molecule has 1 aliphatic heterocycles. The highest BCUT2D eigenvalue weighted by Gasteiger charge is 2.28. The molecule has 26 heavy (non-hydrogen) atoms. The van der Waals surface area contributed by atoms with Crippen molar-refractivity contribution in [1.82, 2.24) is 5.32 Å². The van der Waals surface area contributed by atoms with Gasteiger partial charge >= 0.3 is 0 Å². The topological polar surface area (TPSA) is 79.7 Å². The van der Waals surface area contributed by atoms with Gasteiger partial charge in [-0.15, -0.1) is 0 Å². The van der Waals surface area contributed by atoms with Gasteiger partial charge in [0.15, 0.2) is 12.3 Å². The van der Waals surface area contributed by atoms with Crippen molar-refractivity contribution < 1.29 is 19.3 Å². The predicted molar refractivity (Wildman–Crippen MR) is 101 cm³/mol. The molecule has 1 aromatic carbocycles. The van der Waals surface area contributed by atoms with Crippen LogP contribution in [-0.2, 0) is 9.59 Å². The van der Waals surface area contributed by atoms with Gasteiger partial charge in [-0.05, 0) is 31.2 Å². The standard InChI is InChI=1S/C20H29N3O3/c1-14(24)15-5-7-16(8-6-15)21-18(25)13-23-11-9-17(10-12-23)22-19(26)20(2,3)4/h5-8,17H,9-13H2,1-4H3,(H,21,25)(H,22,26)/p+1. The molecule has 6 heteroatoms. The fourth-order valence-corrected chi connectivity index (χ4v) is 2.97. The molecule has 142 valence electrons. The van der Waals surface area contributed by atoms with Crippen molar-refractivity contribution in [2.75, 3.05) is 25.0 Å². The molecule has 0 aliphatic carbocycles. The largest absolute Gasteiger partial charge is 0.352 e. The normalized spacial score (nSPS) is 20.3. The lowest BCUT2D eigenvalue weighted by Gasteiger charge is -2.31. The molecule has 2 amide bonds. The maximum absolute atomic E-state index is 12.2. The maximum atomic E-state index is 12.2. The van der Waals surface area contributed by atoms with Crippen molar-refractivity contribution >= 4 is 23.3 Å². The number of nitrogens with one attached hydrogen (secondary N) is 3. The van der Waals surface area contributed by atoms with Crippen molar-refractivity contribution in [2.24, 2.45) is 5.41 Å². The van der Waals surface area contributed by atoms with E-state index < -0.39 is 0 Å². The smallest absolute Gasteiger partial charge is 0.279 e. The van der Waals surface area contributed by atoms with Gasteiger partial charge in [-0.3, -0.25) is 14.4 Å². The molecule has 0 aromatic heterocycles. The third-order valence-corrected chi connectivity index (χ3v) is 4.69. The van der Waals surface area contributed by atoms with Gasteiger partial charge in [0.2, 0.25) is 5.91 Å². The number of ketones is 1. The van der Waals surface area contributed by atoms with Crippen molar-refractivity contribution in [1.29, 1.82) is 0 Å². The average molecular weight is 360 g/mol. The highest BCUT2D eigenvalue weighted by Crippen LogP contribution is 2.14. The second-order valence-corrected chi connectivity index (χ2v) is 8.11. The summed E-state index contributed by atoms with van der Waals surface area (Å²) in [5, 5.41) is 5.98. The molecule has 0 atom stereocenters. The number of hydrogen-bond acceptors (Lipinski definition) is 3. The predicted octanol–water partition coefficient (Wildman–Crippen LogP) is 1.04. The summed E-state index contributed by atoms with van der Waals surface area (Å²) in [6.45, 7) is 9.40. The Balaban J connectivity index is 1.75.